The van der Waals surface area contributed by atoms with Crippen LogP contribution in [0.2, 0.25) is 10.0 Å². The Kier molecular flexibility index (Phi) is 3.93. The fourth-order valence-electron chi connectivity index (χ4n) is 6.04. The van der Waals surface area contributed by atoms with E-state index in [1.165, 1.54) is 12.1 Å². The van der Waals surface area contributed by atoms with E-state index in [9.17, 15) is 19.5 Å². The molecular weight excluding hydrogens is 449 g/mol. The minimum Gasteiger partial charge on any atom is -0.480 e. The van der Waals surface area contributed by atoms with E-state index in [0.717, 1.165) is 16.0 Å². The van der Waals surface area contributed by atoms with Crippen LogP contribution in [0.3, 0.4) is 0 Å². The maximum absolute atomic E-state index is 13.9. The van der Waals surface area contributed by atoms with E-state index in [1.807, 2.05) is 24.3 Å². The monoisotopic (exact) mass is 463 g/mol. The topological polar surface area (TPSA) is 74.7 Å². The molecule has 2 amide bonds. The van der Waals surface area contributed by atoms with Gasteiger partial charge in [0.05, 0.1) is 22.5 Å². The van der Waals surface area contributed by atoms with Crippen molar-refractivity contribution in [2.45, 2.75) is 11.3 Å². The molecule has 1 fully saturated rings. The van der Waals surface area contributed by atoms with Gasteiger partial charge in [0.15, 0.2) is 0 Å². The summed E-state index contributed by atoms with van der Waals surface area (Å²) in [5.74, 6) is -4.47. The third-order valence-corrected chi connectivity index (χ3v) is 7.64. The van der Waals surface area contributed by atoms with Crippen molar-refractivity contribution < 1.29 is 19.5 Å². The normalized spacial score (nSPS) is 27.2. The van der Waals surface area contributed by atoms with Crippen LogP contribution in [0.1, 0.15) is 28.2 Å². The molecule has 7 rings (SSSR count). The van der Waals surface area contributed by atoms with E-state index in [2.05, 4.69) is 0 Å². The van der Waals surface area contributed by atoms with Gasteiger partial charge in [0, 0.05) is 10.9 Å². The first-order valence-electron chi connectivity index (χ1n) is 10.1. The predicted octanol–water partition coefficient (Wildman–Crippen LogP) is 4.63. The lowest BCUT2D eigenvalue weighted by atomic mass is 9.47. The third-order valence-electron chi connectivity index (χ3n) is 7.11. The minimum absolute atomic E-state index is 0.157. The number of hydrogen-bond donors (Lipinski definition) is 1. The van der Waals surface area contributed by atoms with E-state index in [0.29, 0.717) is 16.1 Å². The zero-order chi connectivity index (χ0) is 22.4. The van der Waals surface area contributed by atoms with Gasteiger partial charge < -0.3 is 5.11 Å². The van der Waals surface area contributed by atoms with Crippen LogP contribution in [0.15, 0.2) is 66.7 Å². The summed E-state index contributed by atoms with van der Waals surface area (Å²) in [6, 6.07) is 19.0. The van der Waals surface area contributed by atoms with Gasteiger partial charge in [-0.05, 0) is 40.5 Å². The average molecular weight is 464 g/mol. The maximum Gasteiger partial charge on any atom is 0.319 e. The molecule has 32 heavy (non-hydrogen) atoms. The van der Waals surface area contributed by atoms with Crippen molar-refractivity contribution in [2.24, 2.45) is 11.8 Å². The zero-order valence-corrected chi connectivity index (χ0v) is 18.0. The molecule has 0 saturated carbocycles. The van der Waals surface area contributed by atoms with Gasteiger partial charge in [0.2, 0.25) is 11.8 Å². The lowest BCUT2D eigenvalue weighted by molar-refractivity contribution is -0.149. The summed E-state index contributed by atoms with van der Waals surface area (Å²) in [6.45, 7) is 0. The highest BCUT2D eigenvalue weighted by molar-refractivity contribution is 6.38. The minimum atomic E-state index is -1.66. The molecule has 3 aromatic carbocycles. The number of rotatable bonds is 2. The maximum atomic E-state index is 13.9. The molecule has 1 saturated heterocycles. The molecule has 158 valence electrons. The number of nitrogens with zero attached hydrogens (tertiary/aromatic N) is 1. The van der Waals surface area contributed by atoms with Gasteiger partial charge in [-0.2, -0.15) is 0 Å². The van der Waals surface area contributed by atoms with Crippen LogP contribution in [-0.4, -0.2) is 22.9 Å². The van der Waals surface area contributed by atoms with Crippen molar-refractivity contribution in [2.75, 3.05) is 4.90 Å². The van der Waals surface area contributed by atoms with Crippen LogP contribution < -0.4 is 4.90 Å². The molecule has 3 aromatic rings. The summed E-state index contributed by atoms with van der Waals surface area (Å²) in [6.07, 6.45) is 0. The smallest absolute Gasteiger partial charge is 0.319 e. The first-order valence-corrected chi connectivity index (χ1v) is 10.9. The van der Waals surface area contributed by atoms with Crippen molar-refractivity contribution in [3.05, 3.63) is 99.0 Å². The number of anilines is 1. The van der Waals surface area contributed by atoms with Gasteiger partial charge in [0.1, 0.15) is 5.41 Å². The molecule has 0 unspecified atom stereocenters. The number of carbonyl (C=O) groups excluding carboxylic acids is 2. The lowest BCUT2D eigenvalue weighted by Crippen LogP contribution is -2.57. The van der Waals surface area contributed by atoms with Crippen LogP contribution >= 0.6 is 23.2 Å². The molecule has 2 atom stereocenters. The molecule has 1 heterocycles. The van der Waals surface area contributed by atoms with Crippen LogP contribution in [-0.2, 0) is 19.8 Å². The number of halogens is 2. The molecule has 0 aromatic heterocycles. The van der Waals surface area contributed by atoms with E-state index >= 15 is 0 Å². The Hall–Kier alpha value is -3.15. The predicted molar refractivity (Wildman–Crippen MR) is 119 cm³/mol. The Morgan fingerprint density at radius 2 is 1.47 bits per heavy atom. The molecule has 2 bridgehead atoms. The summed E-state index contributed by atoms with van der Waals surface area (Å²) < 4.78 is 0. The number of carboxylic acid groups (broad SMARTS) is 1. The Balaban J connectivity index is 1.67. The molecule has 1 aliphatic heterocycles. The number of benzene rings is 3. The van der Waals surface area contributed by atoms with Crippen molar-refractivity contribution in [1.29, 1.82) is 0 Å². The highest BCUT2D eigenvalue weighted by Gasteiger charge is 2.71. The molecule has 4 aliphatic rings. The van der Waals surface area contributed by atoms with Crippen molar-refractivity contribution in [1.82, 2.24) is 0 Å². The van der Waals surface area contributed by atoms with Crippen molar-refractivity contribution in [3.8, 4) is 0 Å². The number of imide groups is 1. The summed E-state index contributed by atoms with van der Waals surface area (Å²) in [5, 5.41) is 11.2. The number of aliphatic carboxylic acids is 1. The second kappa shape index (κ2) is 6.44. The van der Waals surface area contributed by atoms with E-state index in [-0.39, 0.29) is 10.7 Å². The highest BCUT2D eigenvalue weighted by atomic mass is 35.5. The zero-order valence-electron chi connectivity index (χ0n) is 16.5. The average Bonchev–Trinajstić information content (AvgIpc) is 3.05. The van der Waals surface area contributed by atoms with Crippen LogP contribution in [0.4, 0.5) is 5.69 Å². The van der Waals surface area contributed by atoms with Crippen molar-refractivity contribution >= 4 is 46.7 Å². The number of carbonyl (C=O) groups is 3. The quantitative estimate of drug-likeness (QED) is 0.562. The third kappa shape index (κ3) is 2.13. The second-order valence-corrected chi connectivity index (χ2v) is 9.22. The Labute approximate surface area is 193 Å². The lowest BCUT2D eigenvalue weighted by Gasteiger charge is -2.51. The summed E-state index contributed by atoms with van der Waals surface area (Å²) in [4.78, 5) is 41.8. The van der Waals surface area contributed by atoms with Gasteiger partial charge >= 0.3 is 5.97 Å². The van der Waals surface area contributed by atoms with Gasteiger partial charge in [0.25, 0.3) is 0 Å². The molecule has 5 nitrogen and oxygen atoms in total. The summed E-state index contributed by atoms with van der Waals surface area (Å²) in [5.41, 5.74) is 1.26. The SMILES string of the molecule is O=C1[C@H]2C3c4ccccc4C(C(=O)O)(c4ccccc43)[C@H]2C(=O)N1c1ccc(Cl)cc1Cl. The molecular formula is C25H15Cl2NO4. The Morgan fingerprint density at radius 1 is 0.875 bits per heavy atom. The Bertz CT molecular complexity index is 1320. The Morgan fingerprint density at radius 3 is 2.03 bits per heavy atom. The molecule has 0 spiro atoms. The van der Waals surface area contributed by atoms with Gasteiger partial charge in [-0.1, -0.05) is 71.7 Å². The fourth-order valence-corrected chi connectivity index (χ4v) is 6.53. The second-order valence-electron chi connectivity index (χ2n) is 8.38. The number of amides is 2. The number of carboxylic acids is 1. The van der Waals surface area contributed by atoms with E-state index in [4.69, 9.17) is 23.2 Å². The standard InChI is InChI=1S/C25H15Cl2NO4/c26-12-9-10-18(17(27)11-12)28-22(29)20-19-13-5-1-3-7-15(13)25(24(31)32,21(20)23(28)30)16-8-4-2-6-14(16)19/h1-11,19-21H,(H,31,32)/t19?,20-,21+,25?/m0/s1. The van der Waals surface area contributed by atoms with Gasteiger partial charge in [-0.15, -0.1) is 0 Å². The van der Waals surface area contributed by atoms with Gasteiger partial charge in [-0.25, -0.2) is 4.90 Å². The molecule has 0 radical (unpaired) electrons. The fraction of sp³-hybridized carbons (Fsp3) is 0.160. The first-order chi connectivity index (χ1) is 15.4. The molecule has 1 N–H and O–H groups in total. The van der Waals surface area contributed by atoms with Gasteiger partial charge in [-0.3, -0.25) is 14.4 Å². The number of hydrogen-bond acceptors (Lipinski definition) is 3. The highest BCUT2D eigenvalue weighted by Crippen LogP contribution is 2.64. The summed E-state index contributed by atoms with van der Waals surface area (Å²) in [7, 11) is 0. The van der Waals surface area contributed by atoms with Crippen LogP contribution in [0.5, 0.6) is 0 Å². The molecule has 3 aliphatic carbocycles. The van der Waals surface area contributed by atoms with E-state index < -0.39 is 41.0 Å². The largest absolute Gasteiger partial charge is 0.480 e. The summed E-state index contributed by atoms with van der Waals surface area (Å²) >= 11 is 12.4. The molecule has 7 heteroatoms. The van der Waals surface area contributed by atoms with E-state index in [1.54, 1.807) is 30.3 Å². The van der Waals surface area contributed by atoms with Crippen molar-refractivity contribution in [3.63, 3.8) is 0 Å². The van der Waals surface area contributed by atoms with Crippen LogP contribution in [0.25, 0.3) is 0 Å². The first kappa shape index (κ1) is 19.5. The van der Waals surface area contributed by atoms with Crippen LogP contribution in [0, 0.1) is 11.8 Å².